The first-order valence-electron chi connectivity index (χ1n) is 12.2. The molecule has 4 aliphatic carbocycles. The number of aliphatic hydroxyl groups excluding tert-OH is 1. The molecular weight excluding hydrogens is 384 g/mol. The fourth-order valence-electron chi connectivity index (χ4n) is 8.10. The summed E-state index contributed by atoms with van der Waals surface area (Å²) in [7, 11) is 0. The van der Waals surface area contributed by atoms with E-state index >= 15 is 0 Å². The number of ether oxygens (including phenoxy) is 1. The van der Waals surface area contributed by atoms with Crippen LogP contribution in [0.15, 0.2) is 48.6 Å². The van der Waals surface area contributed by atoms with Crippen LogP contribution in [0, 0.1) is 28.6 Å². The molecule has 3 heteroatoms. The van der Waals surface area contributed by atoms with Gasteiger partial charge in [0, 0.05) is 0 Å². The van der Waals surface area contributed by atoms with Crippen molar-refractivity contribution in [1.29, 1.82) is 0 Å². The highest BCUT2D eigenvalue weighted by molar-refractivity contribution is 5.37. The van der Waals surface area contributed by atoms with Gasteiger partial charge in [0.25, 0.3) is 0 Å². The van der Waals surface area contributed by atoms with Gasteiger partial charge in [0.05, 0.1) is 11.7 Å². The maximum atomic E-state index is 11.9. The van der Waals surface area contributed by atoms with Gasteiger partial charge in [-0.2, -0.15) is 0 Å². The number of rotatable bonds is 4. The molecule has 3 fully saturated rings. The molecule has 0 aliphatic heterocycles. The van der Waals surface area contributed by atoms with Crippen LogP contribution < -0.4 is 4.74 Å². The summed E-state index contributed by atoms with van der Waals surface area (Å²) < 4.78 is 5.75. The molecule has 0 aromatic heterocycles. The second-order valence-corrected chi connectivity index (χ2v) is 11.2. The minimum absolute atomic E-state index is 0.0305. The van der Waals surface area contributed by atoms with Crippen molar-refractivity contribution in [1.82, 2.24) is 0 Å². The van der Waals surface area contributed by atoms with Gasteiger partial charge in [-0.25, -0.2) is 0 Å². The van der Waals surface area contributed by atoms with E-state index in [4.69, 9.17) is 4.74 Å². The lowest BCUT2D eigenvalue weighted by Gasteiger charge is -2.59. The minimum atomic E-state index is -0.858. The summed E-state index contributed by atoms with van der Waals surface area (Å²) >= 11 is 0. The van der Waals surface area contributed by atoms with Gasteiger partial charge in [0.1, 0.15) is 12.4 Å². The Kier molecular flexibility index (Phi) is 5.14. The van der Waals surface area contributed by atoms with Crippen LogP contribution in [0.3, 0.4) is 0 Å². The molecule has 2 unspecified atom stereocenters. The summed E-state index contributed by atoms with van der Waals surface area (Å²) in [6, 6.07) is 8.00. The van der Waals surface area contributed by atoms with Crippen LogP contribution in [-0.2, 0) is 5.60 Å². The van der Waals surface area contributed by atoms with Gasteiger partial charge in [-0.1, -0.05) is 50.3 Å². The van der Waals surface area contributed by atoms with Crippen LogP contribution in [0.2, 0.25) is 0 Å². The maximum absolute atomic E-state index is 11.9. The number of hydrogen-bond acceptors (Lipinski definition) is 3. The summed E-state index contributed by atoms with van der Waals surface area (Å²) in [5.74, 6) is 2.69. The third kappa shape index (κ3) is 3.23. The number of fused-ring (bicyclic) bond motifs is 5. The molecule has 0 amide bonds. The van der Waals surface area contributed by atoms with E-state index in [0.717, 1.165) is 37.0 Å². The zero-order valence-electron chi connectivity index (χ0n) is 19.1. The van der Waals surface area contributed by atoms with E-state index in [1.54, 1.807) is 11.6 Å². The van der Waals surface area contributed by atoms with Crippen LogP contribution >= 0.6 is 0 Å². The molecule has 3 nitrogen and oxygen atoms in total. The minimum Gasteiger partial charge on any atom is -0.490 e. The highest BCUT2D eigenvalue weighted by Crippen LogP contribution is 2.66. The largest absolute Gasteiger partial charge is 0.490 e. The molecule has 0 heterocycles. The fourth-order valence-corrected chi connectivity index (χ4v) is 8.10. The highest BCUT2D eigenvalue weighted by atomic mass is 16.5. The monoisotopic (exact) mass is 422 g/mol. The van der Waals surface area contributed by atoms with Crippen LogP contribution in [0.4, 0.5) is 0 Å². The third-order valence-corrected chi connectivity index (χ3v) is 9.77. The summed E-state index contributed by atoms with van der Waals surface area (Å²) in [5, 5.41) is 22.6. The smallest absolute Gasteiger partial charge is 0.120 e. The quantitative estimate of drug-likeness (QED) is 0.606. The van der Waals surface area contributed by atoms with E-state index in [-0.39, 0.29) is 16.9 Å². The van der Waals surface area contributed by atoms with E-state index in [9.17, 15) is 10.2 Å². The summed E-state index contributed by atoms with van der Waals surface area (Å²) in [4.78, 5) is 0. The molecule has 0 saturated heterocycles. The van der Waals surface area contributed by atoms with Crippen LogP contribution in [0.25, 0.3) is 0 Å². The van der Waals surface area contributed by atoms with Gasteiger partial charge in [0.15, 0.2) is 0 Å². The van der Waals surface area contributed by atoms with Crippen LogP contribution in [-0.4, -0.2) is 22.9 Å². The van der Waals surface area contributed by atoms with Gasteiger partial charge in [-0.05, 0) is 97.6 Å². The van der Waals surface area contributed by atoms with Crippen LogP contribution in [0.1, 0.15) is 70.8 Å². The Balaban J connectivity index is 1.45. The Morgan fingerprint density at radius 3 is 2.81 bits per heavy atom. The Labute approximate surface area is 187 Å². The Hall–Kier alpha value is -1.58. The van der Waals surface area contributed by atoms with Crippen molar-refractivity contribution in [2.45, 2.75) is 76.9 Å². The molecule has 5 rings (SSSR count). The highest BCUT2D eigenvalue weighted by Gasteiger charge is 2.60. The van der Waals surface area contributed by atoms with Crippen molar-refractivity contribution < 1.29 is 14.9 Å². The number of allylic oxidation sites excluding steroid dienone is 1. The van der Waals surface area contributed by atoms with E-state index in [1.165, 1.54) is 19.3 Å². The third-order valence-electron chi connectivity index (χ3n) is 9.77. The molecule has 0 bridgehead atoms. The molecule has 0 spiro atoms. The first-order valence-corrected chi connectivity index (χ1v) is 12.2. The molecule has 168 valence electrons. The zero-order valence-corrected chi connectivity index (χ0v) is 19.1. The standard InChI is InChI=1S/C28H38O3/c1-4-16-31-21-7-5-6-20(17-21)28(30)15-12-19-8-9-22-23-10-11-25(29)26(23,2)14-13-24(22)27(19,3)18-28/h4-7,12,17,22-25,29-30H,1,8-11,13-16,18H2,2-3H3/t22-,23-,24+,25?,26-,27-,28?/m0/s1. The first-order chi connectivity index (χ1) is 14.8. The fraction of sp³-hybridized carbons (Fsp3) is 0.643. The Morgan fingerprint density at radius 2 is 2.00 bits per heavy atom. The summed E-state index contributed by atoms with van der Waals surface area (Å²) in [6.07, 6.45) is 12.3. The van der Waals surface area contributed by atoms with Gasteiger partial charge >= 0.3 is 0 Å². The molecule has 31 heavy (non-hydrogen) atoms. The van der Waals surface area contributed by atoms with Crippen molar-refractivity contribution in [2.24, 2.45) is 28.6 Å². The van der Waals surface area contributed by atoms with Crippen molar-refractivity contribution in [3.8, 4) is 5.75 Å². The number of benzene rings is 1. The molecule has 7 atom stereocenters. The summed E-state index contributed by atoms with van der Waals surface area (Å²) in [5.41, 5.74) is 1.80. The first kappa shape index (κ1) is 21.3. The normalized spacial score (nSPS) is 43.9. The van der Waals surface area contributed by atoms with Gasteiger partial charge in [-0.3, -0.25) is 0 Å². The topological polar surface area (TPSA) is 49.7 Å². The van der Waals surface area contributed by atoms with Gasteiger partial charge in [-0.15, -0.1) is 0 Å². The average molecular weight is 423 g/mol. The van der Waals surface area contributed by atoms with Crippen molar-refractivity contribution in [2.75, 3.05) is 6.61 Å². The lowest BCUT2D eigenvalue weighted by molar-refractivity contribution is -0.101. The molecule has 4 aliphatic rings. The molecule has 0 radical (unpaired) electrons. The van der Waals surface area contributed by atoms with Crippen molar-refractivity contribution in [3.05, 3.63) is 54.1 Å². The maximum Gasteiger partial charge on any atom is 0.120 e. The molecule has 2 N–H and O–H groups in total. The Morgan fingerprint density at radius 1 is 1.16 bits per heavy atom. The average Bonchev–Trinajstić information content (AvgIpc) is 3.06. The van der Waals surface area contributed by atoms with Gasteiger partial charge in [0.2, 0.25) is 0 Å². The Bertz CT molecular complexity index is 890. The van der Waals surface area contributed by atoms with Crippen LogP contribution in [0.5, 0.6) is 5.75 Å². The molecular formula is C28H38O3. The predicted molar refractivity (Wildman–Crippen MR) is 124 cm³/mol. The second-order valence-electron chi connectivity index (χ2n) is 11.2. The lowest BCUT2D eigenvalue weighted by atomic mass is 9.46. The lowest BCUT2D eigenvalue weighted by Crippen LogP contribution is -2.53. The molecule has 1 aromatic rings. The summed E-state index contributed by atoms with van der Waals surface area (Å²) in [6.45, 7) is 8.96. The number of hydrogen-bond donors (Lipinski definition) is 2. The van der Waals surface area contributed by atoms with E-state index in [1.807, 2.05) is 18.2 Å². The molecule has 3 saturated carbocycles. The predicted octanol–water partition coefficient (Wildman–Crippen LogP) is 5.76. The SMILES string of the molecule is C=CCOc1cccc(C2(O)CC=C3CC[C@@H]4[C@@H](CC[C@]5(C)C(O)CC[C@@H]45)[C@@]3(C)C2)c1. The van der Waals surface area contributed by atoms with Crippen molar-refractivity contribution in [3.63, 3.8) is 0 Å². The van der Waals surface area contributed by atoms with E-state index in [2.05, 4.69) is 32.6 Å². The van der Waals surface area contributed by atoms with E-state index < -0.39 is 5.60 Å². The molecule has 1 aromatic carbocycles. The van der Waals surface area contributed by atoms with E-state index in [0.29, 0.717) is 30.8 Å². The second kappa shape index (κ2) is 7.49. The van der Waals surface area contributed by atoms with Crippen molar-refractivity contribution >= 4 is 0 Å². The van der Waals surface area contributed by atoms with Gasteiger partial charge < -0.3 is 14.9 Å². The zero-order chi connectivity index (χ0) is 21.9. The number of aliphatic hydroxyl groups is 2.